The fraction of sp³-hybridized carbons (Fsp3) is 0. The zero-order valence-electron chi connectivity index (χ0n) is 29.2. The molecule has 0 saturated carbocycles. The van der Waals surface area contributed by atoms with E-state index in [4.69, 9.17) is 0 Å². The summed E-state index contributed by atoms with van der Waals surface area (Å²) in [5.74, 6) is 0. The van der Waals surface area contributed by atoms with Crippen LogP contribution in [0, 0.1) is 0 Å². The van der Waals surface area contributed by atoms with E-state index in [0.29, 0.717) is 0 Å². The Kier molecular flexibility index (Phi) is 7.55. The molecule has 0 aliphatic carbocycles. The molecule has 0 saturated heterocycles. The molecule has 1 heteroatoms. The minimum atomic E-state index is 1.11. The Morgan fingerprint density at radius 1 is 0.226 bits per heavy atom. The second kappa shape index (κ2) is 13.0. The molecule has 0 N–H and O–H groups in total. The highest BCUT2D eigenvalue weighted by molar-refractivity contribution is 6.19. The molecule has 10 rings (SSSR count). The van der Waals surface area contributed by atoms with Gasteiger partial charge in [0.1, 0.15) is 0 Å². The van der Waals surface area contributed by atoms with Gasteiger partial charge >= 0.3 is 0 Å². The first-order valence-electron chi connectivity index (χ1n) is 18.3. The van der Waals surface area contributed by atoms with Gasteiger partial charge in [0, 0.05) is 17.1 Å². The standard InChI is InChI=1S/C52H35N/c1-2-10-36(11-3-1)38-22-27-44(28-23-38)53(45-29-24-39(25-30-45)42-21-20-37-12-4-5-14-41(37)34-42)46-16-8-15-43(35-46)48-18-9-19-49-51(48)33-32-50-47-17-7-6-13-40(47)26-31-52(49)50/h1-35H. The van der Waals surface area contributed by atoms with Crippen molar-refractivity contribution in [1.29, 1.82) is 0 Å². The number of hydrogen-bond acceptors (Lipinski definition) is 1. The molecule has 0 aliphatic heterocycles. The van der Waals surface area contributed by atoms with E-state index in [9.17, 15) is 0 Å². The van der Waals surface area contributed by atoms with E-state index in [2.05, 4.69) is 217 Å². The summed E-state index contributed by atoms with van der Waals surface area (Å²) >= 11 is 0. The fourth-order valence-corrected chi connectivity index (χ4v) is 7.97. The van der Waals surface area contributed by atoms with Crippen molar-refractivity contribution in [3.05, 3.63) is 212 Å². The van der Waals surface area contributed by atoms with Crippen molar-refractivity contribution in [2.45, 2.75) is 0 Å². The summed E-state index contributed by atoms with van der Waals surface area (Å²) in [6, 6.07) is 77.2. The molecule has 10 aromatic rings. The molecule has 0 heterocycles. The van der Waals surface area contributed by atoms with Crippen LogP contribution in [0.5, 0.6) is 0 Å². The lowest BCUT2D eigenvalue weighted by molar-refractivity contribution is 1.28. The molecule has 10 aromatic carbocycles. The second-order valence-corrected chi connectivity index (χ2v) is 13.8. The monoisotopic (exact) mass is 673 g/mol. The molecular weight excluding hydrogens is 639 g/mol. The number of anilines is 3. The third-order valence-corrected chi connectivity index (χ3v) is 10.6. The van der Waals surface area contributed by atoms with Gasteiger partial charge in [-0.3, -0.25) is 0 Å². The van der Waals surface area contributed by atoms with E-state index in [1.807, 2.05) is 0 Å². The quantitative estimate of drug-likeness (QED) is 0.159. The van der Waals surface area contributed by atoms with Gasteiger partial charge in [0.05, 0.1) is 0 Å². The first kappa shape index (κ1) is 30.8. The van der Waals surface area contributed by atoms with Gasteiger partial charge < -0.3 is 4.90 Å². The molecule has 0 bridgehead atoms. The van der Waals surface area contributed by atoms with Crippen LogP contribution >= 0.6 is 0 Å². The highest BCUT2D eigenvalue weighted by Gasteiger charge is 2.16. The number of hydrogen-bond donors (Lipinski definition) is 0. The zero-order valence-corrected chi connectivity index (χ0v) is 29.2. The Morgan fingerprint density at radius 2 is 0.736 bits per heavy atom. The first-order valence-corrected chi connectivity index (χ1v) is 18.3. The summed E-state index contributed by atoms with van der Waals surface area (Å²) in [7, 11) is 0. The smallest absolute Gasteiger partial charge is 0.0467 e. The van der Waals surface area contributed by atoms with Crippen LogP contribution in [0.1, 0.15) is 0 Å². The lowest BCUT2D eigenvalue weighted by atomic mass is 9.92. The highest BCUT2D eigenvalue weighted by atomic mass is 15.1. The number of benzene rings is 10. The minimum Gasteiger partial charge on any atom is -0.310 e. The summed E-state index contributed by atoms with van der Waals surface area (Å²) in [5.41, 5.74) is 10.6. The molecule has 0 unspecified atom stereocenters. The largest absolute Gasteiger partial charge is 0.310 e. The fourth-order valence-electron chi connectivity index (χ4n) is 7.97. The van der Waals surface area contributed by atoms with Crippen LogP contribution < -0.4 is 4.90 Å². The number of rotatable bonds is 6. The molecule has 248 valence electrons. The molecule has 1 nitrogen and oxygen atoms in total. The molecule has 0 fully saturated rings. The summed E-state index contributed by atoms with van der Waals surface area (Å²) in [6.07, 6.45) is 0. The Morgan fingerprint density at radius 3 is 1.53 bits per heavy atom. The van der Waals surface area contributed by atoms with Gasteiger partial charge in [-0.2, -0.15) is 0 Å². The predicted octanol–water partition coefficient (Wildman–Crippen LogP) is 14.8. The van der Waals surface area contributed by atoms with Gasteiger partial charge in [-0.1, -0.05) is 170 Å². The maximum absolute atomic E-state index is 2.37. The van der Waals surface area contributed by atoms with Crippen LogP contribution in [-0.4, -0.2) is 0 Å². The van der Waals surface area contributed by atoms with Crippen LogP contribution in [-0.2, 0) is 0 Å². The Balaban J connectivity index is 1.08. The van der Waals surface area contributed by atoms with Crippen molar-refractivity contribution in [2.24, 2.45) is 0 Å². The average molecular weight is 674 g/mol. The molecule has 0 spiro atoms. The zero-order chi connectivity index (χ0) is 35.1. The molecule has 0 aliphatic rings. The predicted molar refractivity (Wildman–Crippen MR) is 227 cm³/mol. The maximum atomic E-state index is 2.37. The van der Waals surface area contributed by atoms with Crippen LogP contribution in [0.4, 0.5) is 17.1 Å². The summed E-state index contributed by atoms with van der Waals surface area (Å²) in [4.78, 5) is 2.37. The van der Waals surface area contributed by atoms with Crippen molar-refractivity contribution in [2.75, 3.05) is 4.90 Å². The van der Waals surface area contributed by atoms with Gasteiger partial charge in [-0.25, -0.2) is 0 Å². The van der Waals surface area contributed by atoms with E-state index in [1.165, 1.54) is 76.5 Å². The molecular formula is C52H35N. The molecule has 0 aromatic heterocycles. The van der Waals surface area contributed by atoms with Gasteiger partial charge in [-0.05, 0) is 119 Å². The second-order valence-electron chi connectivity index (χ2n) is 13.8. The number of fused-ring (bicyclic) bond motifs is 6. The van der Waals surface area contributed by atoms with Crippen LogP contribution in [0.2, 0.25) is 0 Å². The highest BCUT2D eigenvalue weighted by Crippen LogP contribution is 2.41. The van der Waals surface area contributed by atoms with E-state index in [0.717, 1.165) is 17.1 Å². The molecule has 53 heavy (non-hydrogen) atoms. The minimum absolute atomic E-state index is 1.11. The molecule has 0 amide bonds. The Hall–Kier alpha value is -6.96. The summed E-state index contributed by atoms with van der Waals surface area (Å²) < 4.78 is 0. The van der Waals surface area contributed by atoms with E-state index in [-0.39, 0.29) is 0 Å². The van der Waals surface area contributed by atoms with Crippen LogP contribution in [0.3, 0.4) is 0 Å². The van der Waals surface area contributed by atoms with Gasteiger partial charge in [0.25, 0.3) is 0 Å². The lowest BCUT2D eigenvalue weighted by Crippen LogP contribution is -2.10. The molecule has 0 atom stereocenters. The topological polar surface area (TPSA) is 3.24 Å². The van der Waals surface area contributed by atoms with Gasteiger partial charge in [-0.15, -0.1) is 0 Å². The SMILES string of the molecule is c1ccc(-c2ccc(N(c3ccc(-c4ccc5ccccc5c4)cc3)c3cccc(-c4cccc5c4ccc4c6ccccc6ccc54)c3)cc2)cc1. The molecule has 0 radical (unpaired) electrons. The first-order chi connectivity index (χ1) is 26.3. The average Bonchev–Trinajstić information content (AvgIpc) is 3.24. The van der Waals surface area contributed by atoms with Crippen LogP contribution in [0.15, 0.2) is 212 Å². The van der Waals surface area contributed by atoms with Crippen molar-refractivity contribution < 1.29 is 0 Å². The summed E-state index contributed by atoms with van der Waals surface area (Å²) in [6.45, 7) is 0. The van der Waals surface area contributed by atoms with Crippen molar-refractivity contribution >= 4 is 60.2 Å². The van der Waals surface area contributed by atoms with Gasteiger partial charge in [0.15, 0.2) is 0 Å². The number of nitrogens with zero attached hydrogens (tertiary/aromatic N) is 1. The maximum Gasteiger partial charge on any atom is 0.0467 e. The third-order valence-electron chi connectivity index (χ3n) is 10.6. The van der Waals surface area contributed by atoms with Crippen molar-refractivity contribution in [3.8, 4) is 33.4 Å². The third kappa shape index (κ3) is 5.60. The van der Waals surface area contributed by atoms with E-state index < -0.39 is 0 Å². The van der Waals surface area contributed by atoms with E-state index >= 15 is 0 Å². The Bertz CT molecular complexity index is 2920. The van der Waals surface area contributed by atoms with Crippen molar-refractivity contribution in [1.82, 2.24) is 0 Å². The Labute approximate surface area is 309 Å². The van der Waals surface area contributed by atoms with Crippen molar-refractivity contribution in [3.63, 3.8) is 0 Å². The lowest BCUT2D eigenvalue weighted by Gasteiger charge is -2.26. The normalized spacial score (nSPS) is 11.4. The van der Waals surface area contributed by atoms with Gasteiger partial charge in [0.2, 0.25) is 0 Å². The van der Waals surface area contributed by atoms with E-state index in [1.54, 1.807) is 0 Å². The van der Waals surface area contributed by atoms with Crippen LogP contribution in [0.25, 0.3) is 76.5 Å². The summed E-state index contributed by atoms with van der Waals surface area (Å²) in [5, 5.41) is 10.2.